The van der Waals surface area contributed by atoms with Gasteiger partial charge in [0, 0.05) is 6.04 Å². The Balaban J connectivity index is 2.33. The van der Waals surface area contributed by atoms with E-state index in [1.54, 1.807) is 0 Å². The number of piperidine rings is 1. The van der Waals surface area contributed by atoms with Crippen molar-refractivity contribution in [1.29, 1.82) is 0 Å². The van der Waals surface area contributed by atoms with Gasteiger partial charge in [-0.15, -0.1) is 0 Å². The Kier molecular flexibility index (Phi) is 7.64. The summed E-state index contributed by atoms with van der Waals surface area (Å²) in [6, 6.07) is 0.537. The van der Waals surface area contributed by atoms with Gasteiger partial charge in [0.05, 0.1) is 6.54 Å². The fraction of sp³-hybridized carbons (Fsp3) is 0.917. The molecule has 0 spiro atoms. The van der Waals surface area contributed by atoms with Gasteiger partial charge >= 0.3 is 0 Å². The zero-order valence-corrected chi connectivity index (χ0v) is 11.6. The zero-order valence-electron chi connectivity index (χ0n) is 10.8. The number of nitrogens with zero attached hydrogens (tertiary/aromatic N) is 1. The summed E-state index contributed by atoms with van der Waals surface area (Å²) in [7, 11) is 0. The number of primary amides is 1. The molecule has 0 saturated carbocycles. The molecule has 1 heterocycles. The van der Waals surface area contributed by atoms with Gasteiger partial charge in [-0.25, -0.2) is 0 Å². The molecular weight excluding hydrogens is 234 g/mol. The van der Waals surface area contributed by atoms with Crippen LogP contribution in [-0.2, 0) is 4.79 Å². The van der Waals surface area contributed by atoms with E-state index in [1.807, 2.05) is 11.8 Å². The minimum atomic E-state index is -0.202. The summed E-state index contributed by atoms with van der Waals surface area (Å²) in [5.41, 5.74) is 5.33. The average molecular weight is 259 g/mol. The molecule has 0 aromatic rings. The minimum absolute atomic E-state index is 0.202. The van der Waals surface area contributed by atoms with Crippen molar-refractivity contribution < 1.29 is 4.79 Å². The van der Waals surface area contributed by atoms with E-state index < -0.39 is 0 Å². The number of carbonyl (C=O) groups is 1. The second-order valence-corrected chi connectivity index (χ2v) is 5.86. The fourth-order valence-electron chi connectivity index (χ4n) is 2.28. The van der Waals surface area contributed by atoms with Crippen molar-refractivity contribution >= 4 is 17.7 Å². The number of rotatable bonds is 8. The standard InChI is InChI=1S/C12H25N3OS/c1-2-17-9-3-8-15(10-12(13)16)11-4-6-14-7-5-11/h11,14H,2-10H2,1H3,(H2,13,16). The van der Waals surface area contributed by atoms with Gasteiger partial charge in [-0.3, -0.25) is 9.69 Å². The van der Waals surface area contributed by atoms with Gasteiger partial charge in [-0.1, -0.05) is 6.92 Å². The number of thioether (sulfide) groups is 1. The van der Waals surface area contributed by atoms with Crippen LogP contribution in [0.3, 0.4) is 0 Å². The molecule has 1 saturated heterocycles. The summed E-state index contributed by atoms with van der Waals surface area (Å²) in [6.07, 6.45) is 3.41. The molecule has 17 heavy (non-hydrogen) atoms. The van der Waals surface area contributed by atoms with Crippen molar-refractivity contribution in [2.24, 2.45) is 5.73 Å². The molecule has 0 bridgehead atoms. The number of nitrogens with one attached hydrogen (secondary N) is 1. The predicted molar refractivity (Wildman–Crippen MR) is 74.3 cm³/mol. The van der Waals surface area contributed by atoms with Crippen molar-refractivity contribution in [2.45, 2.75) is 32.2 Å². The second kappa shape index (κ2) is 8.78. The first-order valence-electron chi connectivity index (χ1n) is 6.55. The lowest BCUT2D eigenvalue weighted by Gasteiger charge is -2.33. The molecule has 0 aromatic carbocycles. The monoisotopic (exact) mass is 259 g/mol. The van der Waals surface area contributed by atoms with E-state index >= 15 is 0 Å². The molecule has 100 valence electrons. The third kappa shape index (κ3) is 6.29. The van der Waals surface area contributed by atoms with E-state index in [-0.39, 0.29) is 5.91 Å². The number of amides is 1. The van der Waals surface area contributed by atoms with E-state index in [2.05, 4.69) is 17.1 Å². The van der Waals surface area contributed by atoms with Gasteiger partial charge < -0.3 is 11.1 Å². The molecule has 0 aliphatic carbocycles. The highest BCUT2D eigenvalue weighted by atomic mass is 32.2. The SMILES string of the molecule is CCSCCCN(CC(N)=O)C1CCNCC1. The Morgan fingerprint density at radius 2 is 2.18 bits per heavy atom. The summed E-state index contributed by atoms with van der Waals surface area (Å²) >= 11 is 1.96. The maximum Gasteiger partial charge on any atom is 0.231 e. The Hall–Kier alpha value is -0.260. The van der Waals surface area contributed by atoms with Gasteiger partial charge in [0.15, 0.2) is 0 Å². The topological polar surface area (TPSA) is 58.4 Å². The summed E-state index contributed by atoms with van der Waals surface area (Å²) in [5, 5.41) is 3.35. The van der Waals surface area contributed by atoms with Crippen molar-refractivity contribution in [3.05, 3.63) is 0 Å². The van der Waals surface area contributed by atoms with Crippen LogP contribution in [0.1, 0.15) is 26.2 Å². The average Bonchev–Trinajstić information content (AvgIpc) is 2.34. The van der Waals surface area contributed by atoms with Crippen molar-refractivity contribution in [3.8, 4) is 0 Å². The molecule has 5 heteroatoms. The Labute approximate surface area is 109 Å². The highest BCUT2D eigenvalue weighted by Gasteiger charge is 2.21. The largest absolute Gasteiger partial charge is 0.369 e. The van der Waals surface area contributed by atoms with Crippen LogP contribution >= 0.6 is 11.8 Å². The van der Waals surface area contributed by atoms with Crippen LogP contribution in [0.25, 0.3) is 0 Å². The summed E-state index contributed by atoms with van der Waals surface area (Å²) in [4.78, 5) is 13.4. The molecule has 4 nitrogen and oxygen atoms in total. The maximum atomic E-state index is 11.1. The Morgan fingerprint density at radius 1 is 1.47 bits per heavy atom. The van der Waals surface area contributed by atoms with Crippen LogP contribution in [0.2, 0.25) is 0 Å². The lowest BCUT2D eigenvalue weighted by atomic mass is 10.0. The van der Waals surface area contributed by atoms with E-state index in [0.29, 0.717) is 12.6 Å². The Morgan fingerprint density at radius 3 is 2.76 bits per heavy atom. The van der Waals surface area contributed by atoms with Crippen molar-refractivity contribution in [1.82, 2.24) is 10.2 Å². The normalized spacial score (nSPS) is 17.5. The molecule has 0 aromatic heterocycles. The lowest BCUT2D eigenvalue weighted by Crippen LogP contribution is -2.46. The first kappa shape index (κ1) is 14.8. The molecule has 3 N–H and O–H groups in total. The van der Waals surface area contributed by atoms with Gasteiger partial charge in [0.25, 0.3) is 0 Å². The highest BCUT2D eigenvalue weighted by Crippen LogP contribution is 2.13. The molecular formula is C12H25N3OS. The van der Waals surface area contributed by atoms with E-state index in [9.17, 15) is 4.79 Å². The number of hydrogen-bond acceptors (Lipinski definition) is 4. The van der Waals surface area contributed by atoms with Crippen LogP contribution in [0.5, 0.6) is 0 Å². The molecule has 1 amide bonds. The van der Waals surface area contributed by atoms with Gasteiger partial charge in [-0.05, 0) is 50.4 Å². The van der Waals surface area contributed by atoms with Crippen LogP contribution in [-0.4, -0.2) is 54.5 Å². The number of carbonyl (C=O) groups excluding carboxylic acids is 1. The Bertz CT molecular complexity index is 220. The number of hydrogen-bond donors (Lipinski definition) is 2. The fourth-order valence-corrected chi connectivity index (χ4v) is 2.90. The molecule has 0 atom stereocenters. The predicted octanol–water partition coefficient (Wildman–Crippen LogP) is 0.669. The van der Waals surface area contributed by atoms with Crippen LogP contribution in [0, 0.1) is 0 Å². The highest BCUT2D eigenvalue weighted by molar-refractivity contribution is 7.99. The summed E-state index contributed by atoms with van der Waals surface area (Å²) in [5.74, 6) is 2.14. The number of nitrogens with two attached hydrogens (primary N) is 1. The van der Waals surface area contributed by atoms with Crippen LogP contribution in [0.4, 0.5) is 0 Å². The quantitative estimate of drug-likeness (QED) is 0.629. The summed E-state index contributed by atoms with van der Waals surface area (Å²) in [6.45, 7) is 5.72. The third-order valence-corrected chi connectivity index (χ3v) is 4.11. The zero-order chi connectivity index (χ0) is 12.5. The lowest BCUT2D eigenvalue weighted by molar-refractivity contribution is -0.119. The van der Waals surface area contributed by atoms with Crippen molar-refractivity contribution in [2.75, 3.05) is 37.7 Å². The smallest absolute Gasteiger partial charge is 0.231 e. The third-order valence-electron chi connectivity index (χ3n) is 3.12. The van der Waals surface area contributed by atoms with Crippen LogP contribution in [0.15, 0.2) is 0 Å². The molecule has 0 unspecified atom stereocenters. The van der Waals surface area contributed by atoms with Gasteiger partial charge in [0.1, 0.15) is 0 Å². The van der Waals surface area contributed by atoms with Gasteiger partial charge in [-0.2, -0.15) is 11.8 Å². The first-order chi connectivity index (χ1) is 8.24. The first-order valence-corrected chi connectivity index (χ1v) is 7.70. The second-order valence-electron chi connectivity index (χ2n) is 4.47. The molecule has 1 aliphatic rings. The van der Waals surface area contributed by atoms with Crippen molar-refractivity contribution in [3.63, 3.8) is 0 Å². The minimum Gasteiger partial charge on any atom is -0.369 e. The van der Waals surface area contributed by atoms with E-state index in [0.717, 1.165) is 38.9 Å². The maximum absolute atomic E-state index is 11.1. The molecule has 1 rings (SSSR count). The molecule has 1 fully saturated rings. The molecule has 0 radical (unpaired) electrons. The van der Waals surface area contributed by atoms with Gasteiger partial charge in [0.2, 0.25) is 5.91 Å². The van der Waals surface area contributed by atoms with Crippen LogP contribution < -0.4 is 11.1 Å². The van der Waals surface area contributed by atoms with E-state index in [1.165, 1.54) is 11.5 Å². The van der Waals surface area contributed by atoms with E-state index in [4.69, 9.17) is 5.73 Å². The molecule has 1 aliphatic heterocycles. The summed E-state index contributed by atoms with van der Waals surface area (Å²) < 4.78 is 0.